The van der Waals surface area contributed by atoms with Gasteiger partial charge in [0.05, 0.1) is 0 Å². The first-order valence-electron chi connectivity index (χ1n) is 6.25. The van der Waals surface area contributed by atoms with E-state index in [1.54, 1.807) is 0 Å². The number of hydrogen-bond acceptors (Lipinski definition) is 2. The molecule has 3 unspecified atom stereocenters. The molecule has 14 heavy (non-hydrogen) atoms. The Morgan fingerprint density at radius 2 is 1.93 bits per heavy atom. The summed E-state index contributed by atoms with van der Waals surface area (Å²) in [5.41, 5.74) is 0. The van der Waals surface area contributed by atoms with E-state index in [-0.39, 0.29) is 0 Å². The minimum Gasteiger partial charge on any atom is -0.314 e. The van der Waals surface area contributed by atoms with E-state index in [9.17, 15) is 0 Å². The lowest BCUT2D eigenvalue weighted by molar-refractivity contribution is 0.0597. The number of piperazine rings is 1. The maximum Gasteiger partial charge on any atom is 0.0195 e. The van der Waals surface area contributed by atoms with E-state index in [0.29, 0.717) is 0 Å². The zero-order chi connectivity index (χ0) is 9.97. The summed E-state index contributed by atoms with van der Waals surface area (Å²) < 4.78 is 0. The van der Waals surface area contributed by atoms with Crippen LogP contribution in [0.5, 0.6) is 0 Å². The first kappa shape index (κ1) is 10.4. The monoisotopic (exact) mass is 196 g/mol. The molecule has 0 spiro atoms. The van der Waals surface area contributed by atoms with Crippen molar-refractivity contribution in [2.45, 2.75) is 51.6 Å². The van der Waals surface area contributed by atoms with E-state index in [1.165, 1.54) is 45.3 Å². The van der Waals surface area contributed by atoms with Crippen LogP contribution in [0.25, 0.3) is 0 Å². The number of nitrogens with zero attached hydrogens (tertiary/aromatic N) is 1. The van der Waals surface area contributed by atoms with Gasteiger partial charge in [0.25, 0.3) is 0 Å². The smallest absolute Gasteiger partial charge is 0.0195 e. The van der Waals surface area contributed by atoms with E-state index in [1.807, 2.05) is 0 Å². The molecule has 2 aliphatic rings. The second kappa shape index (κ2) is 4.63. The van der Waals surface area contributed by atoms with Gasteiger partial charge >= 0.3 is 0 Å². The molecular weight excluding hydrogens is 172 g/mol. The molecule has 0 aromatic rings. The molecule has 1 saturated heterocycles. The Hall–Kier alpha value is -0.0800. The summed E-state index contributed by atoms with van der Waals surface area (Å²) in [6.07, 6.45) is 5.79. The highest BCUT2D eigenvalue weighted by molar-refractivity contribution is 4.87. The summed E-state index contributed by atoms with van der Waals surface area (Å²) in [5.74, 6) is 0.921. The second-order valence-corrected chi connectivity index (χ2v) is 5.12. The average molecular weight is 196 g/mol. The second-order valence-electron chi connectivity index (χ2n) is 5.12. The zero-order valence-corrected chi connectivity index (χ0v) is 9.63. The van der Waals surface area contributed by atoms with Gasteiger partial charge in [-0.25, -0.2) is 0 Å². The molecule has 0 aromatic heterocycles. The lowest BCUT2D eigenvalue weighted by Crippen LogP contribution is -2.56. The minimum atomic E-state index is 0.745. The highest BCUT2D eigenvalue weighted by atomic mass is 15.2. The fourth-order valence-electron chi connectivity index (χ4n) is 3.14. The normalized spacial score (nSPS) is 41.1. The lowest BCUT2D eigenvalue weighted by Gasteiger charge is -2.44. The molecule has 2 fully saturated rings. The molecule has 1 aliphatic carbocycles. The van der Waals surface area contributed by atoms with E-state index in [2.05, 4.69) is 24.1 Å². The lowest BCUT2D eigenvalue weighted by atomic mass is 9.84. The number of rotatable bonds is 1. The molecule has 0 amide bonds. The van der Waals surface area contributed by atoms with Crippen LogP contribution in [0.3, 0.4) is 0 Å². The van der Waals surface area contributed by atoms with Crippen LogP contribution in [0.1, 0.15) is 39.5 Å². The number of nitrogens with one attached hydrogen (secondary N) is 1. The predicted octanol–water partition coefficient (Wildman–Crippen LogP) is 1.86. The van der Waals surface area contributed by atoms with Crippen molar-refractivity contribution in [3.05, 3.63) is 0 Å². The Labute approximate surface area is 88.1 Å². The molecule has 82 valence electrons. The summed E-state index contributed by atoms with van der Waals surface area (Å²) >= 11 is 0. The van der Waals surface area contributed by atoms with Crippen molar-refractivity contribution >= 4 is 0 Å². The Balaban J connectivity index is 1.96. The van der Waals surface area contributed by atoms with Crippen molar-refractivity contribution in [2.24, 2.45) is 5.92 Å². The zero-order valence-electron chi connectivity index (χ0n) is 9.63. The van der Waals surface area contributed by atoms with Gasteiger partial charge in [0.2, 0.25) is 0 Å². The molecular formula is C12H24N2. The Morgan fingerprint density at radius 1 is 1.14 bits per heavy atom. The van der Waals surface area contributed by atoms with E-state index in [0.717, 1.165) is 18.0 Å². The predicted molar refractivity (Wildman–Crippen MR) is 60.5 cm³/mol. The van der Waals surface area contributed by atoms with Crippen LogP contribution < -0.4 is 5.32 Å². The SMILES string of the molecule is CC1CCCCC1N1CCNCC1C. The van der Waals surface area contributed by atoms with Gasteiger partial charge in [-0.1, -0.05) is 19.8 Å². The molecule has 2 rings (SSSR count). The fourth-order valence-corrected chi connectivity index (χ4v) is 3.14. The average Bonchev–Trinajstić information content (AvgIpc) is 2.20. The van der Waals surface area contributed by atoms with Gasteiger partial charge in [-0.05, 0) is 25.7 Å². The quantitative estimate of drug-likeness (QED) is 0.688. The van der Waals surface area contributed by atoms with Crippen LogP contribution in [0.4, 0.5) is 0 Å². The summed E-state index contributed by atoms with van der Waals surface area (Å²) in [6.45, 7) is 8.44. The van der Waals surface area contributed by atoms with Crippen LogP contribution >= 0.6 is 0 Å². The molecule has 2 heteroatoms. The van der Waals surface area contributed by atoms with Crippen LogP contribution in [0, 0.1) is 5.92 Å². The first-order valence-corrected chi connectivity index (χ1v) is 6.25. The summed E-state index contributed by atoms with van der Waals surface area (Å²) in [4.78, 5) is 2.75. The van der Waals surface area contributed by atoms with Gasteiger partial charge in [0.15, 0.2) is 0 Å². The Bertz CT molecular complexity index is 161. The van der Waals surface area contributed by atoms with Crippen LogP contribution in [0.2, 0.25) is 0 Å². The van der Waals surface area contributed by atoms with Crippen molar-refractivity contribution in [1.29, 1.82) is 0 Å². The van der Waals surface area contributed by atoms with Gasteiger partial charge in [-0.2, -0.15) is 0 Å². The maximum absolute atomic E-state index is 3.48. The molecule has 1 aliphatic heterocycles. The van der Waals surface area contributed by atoms with E-state index >= 15 is 0 Å². The Morgan fingerprint density at radius 3 is 2.64 bits per heavy atom. The molecule has 1 N–H and O–H groups in total. The fraction of sp³-hybridized carbons (Fsp3) is 1.00. The van der Waals surface area contributed by atoms with Crippen LogP contribution in [0.15, 0.2) is 0 Å². The first-order chi connectivity index (χ1) is 6.79. The maximum atomic E-state index is 3.48. The van der Waals surface area contributed by atoms with Gasteiger partial charge in [-0.3, -0.25) is 4.90 Å². The third-order valence-electron chi connectivity index (χ3n) is 4.04. The van der Waals surface area contributed by atoms with Crippen molar-refractivity contribution < 1.29 is 0 Å². The summed E-state index contributed by atoms with van der Waals surface area (Å²) in [5, 5.41) is 3.48. The molecule has 2 nitrogen and oxygen atoms in total. The topological polar surface area (TPSA) is 15.3 Å². The highest BCUT2D eigenvalue weighted by Crippen LogP contribution is 2.29. The number of hydrogen-bond donors (Lipinski definition) is 1. The van der Waals surface area contributed by atoms with E-state index < -0.39 is 0 Å². The summed E-state index contributed by atoms with van der Waals surface area (Å²) in [6, 6.07) is 1.62. The summed E-state index contributed by atoms with van der Waals surface area (Å²) in [7, 11) is 0. The standard InChI is InChI=1S/C12H24N2/c1-10-5-3-4-6-12(10)14-8-7-13-9-11(14)2/h10-13H,3-9H2,1-2H3. The van der Waals surface area contributed by atoms with Gasteiger partial charge < -0.3 is 5.32 Å². The molecule has 1 saturated carbocycles. The van der Waals surface area contributed by atoms with Crippen LogP contribution in [-0.4, -0.2) is 36.6 Å². The molecule has 1 heterocycles. The molecule has 0 aromatic carbocycles. The van der Waals surface area contributed by atoms with Crippen LogP contribution in [-0.2, 0) is 0 Å². The molecule has 3 atom stereocenters. The van der Waals surface area contributed by atoms with Gasteiger partial charge in [0, 0.05) is 31.7 Å². The third kappa shape index (κ3) is 2.12. The minimum absolute atomic E-state index is 0.745. The largest absolute Gasteiger partial charge is 0.314 e. The Kier molecular flexibility index (Phi) is 3.45. The molecule has 0 bridgehead atoms. The van der Waals surface area contributed by atoms with Crippen molar-refractivity contribution in [3.8, 4) is 0 Å². The van der Waals surface area contributed by atoms with Crippen molar-refractivity contribution in [1.82, 2.24) is 10.2 Å². The third-order valence-corrected chi connectivity index (χ3v) is 4.04. The van der Waals surface area contributed by atoms with Crippen molar-refractivity contribution in [3.63, 3.8) is 0 Å². The van der Waals surface area contributed by atoms with Gasteiger partial charge in [0.1, 0.15) is 0 Å². The molecule has 0 radical (unpaired) electrons. The van der Waals surface area contributed by atoms with Gasteiger partial charge in [-0.15, -0.1) is 0 Å². The van der Waals surface area contributed by atoms with Crippen molar-refractivity contribution in [2.75, 3.05) is 19.6 Å². The van der Waals surface area contributed by atoms with E-state index in [4.69, 9.17) is 0 Å². The highest BCUT2D eigenvalue weighted by Gasteiger charge is 2.30.